The first-order valence-electron chi connectivity index (χ1n) is 12.3. The van der Waals surface area contributed by atoms with E-state index in [0.29, 0.717) is 38.5 Å². The van der Waals surface area contributed by atoms with Gasteiger partial charge in [-0.3, -0.25) is 14.5 Å². The summed E-state index contributed by atoms with van der Waals surface area (Å²) in [6.45, 7) is 2.13. The van der Waals surface area contributed by atoms with Crippen LogP contribution in [0.3, 0.4) is 0 Å². The Kier molecular flexibility index (Phi) is 6.72. The van der Waals surface area contributed by atoms with Gasteiger partial charge in [0.2, 0.25) is 5.91 Å². The molecule has 1 heterocycles. The lowest BCUT2D eigenvalue weighted by Gasteiger charge is -2.35. The lowest BCUT2D eigenvalue weighted by Crippen LogP contribution is -2.55. The first-order valence-corrected chi connectivity index (χ1v) is 12.3. The maximum Gasteiger partial charge on any atom is 0.407 e. The van der Waals surface area contributed by atoms with E-state index in [1.807, 2.05) is 29.2 Å². The van der Waals surface area contributed by atoms with Crippen molar-refractivity contribution in [2.24, 2.45) is 5.92 Å². The Morgan fingerprint density at radius 3 is 2.11 bits per heavy atom. The van der Waals surface area contributed by atoms with Gasteiger partial charge in [0.15, 0.2) is 0 Å². The maximum absolute atomic E-state index is 13.2. The van der Waals surface area contributed by atoms with Gasteiger partial charge in [-0.05, 0) is 34.6 Å². The summed E-state index contributed by atoms with van der Waals surface area (Å²) in [7, 11) is 0. The second kappa shape index (κ2) is 10.1. The Balaban J connectivity index is 1.20. The Morgan fingerprint density at radius 1 is 0.943 bits per heavy atom. The minimum Gasteiger partial charge on any atom is -0.480 e. The molecule has 2 aromatic rings. The number of rotatable bonds is 8. The third-order valence-electron chi connectivity index (χ3n) is 7.24. The van der Waals surface area contributed by atoms with Crippen molar-refractivity contribution in [2.45, 2.75) is 31.2 Å². The fraction of sp³-hybridized carbons (Fsp3) is 0.444. The van der Waals surface area contributed by atoms with Gasteiger partial charge in [0, 0.05) is 32.1 Å². The zero-order valence-electron chi connectivity index (χ0n) is 19.7. The summed E-state index contributed by atoms with van der Waals surface area (Å²) in [5.41, 5.74) is 4.62. The van der Waals surface area contributed by atoms with Gasteiger partial charge in [0.25, 0.3) is 0 Å². The molecule has 35 heavy (non-hydrogen) atoms. The van der Waals surface area contributed by atoms with E-state index in [4.69, 9.17) is 9.84 Å². The van der Waals surface area contributed by atoms with Gasteiger partial charge >= 0.3 is 12.1 Å². The quantitative estimate of drug-likeness (QED) is 0.607. The van der Waals surface area contributed by atoms with Crippen molar-refractivity contribution in [3.8, 4) is 11.1 Å². The second-order valence-corrected chi connectivity index (χ2v) is 9.70. The molecule has 0 aromatic heterocycles. The minimum atomic E-state index is -0.867. The molecule has 1 saturated carbocycles. The molecule has 2 N–H and O–H groups in total. The number of carbonyl (C=O) groups excluding carboxylic acids is 2. The van der Waals surface area contributed by atoms with Crippen LogP contribution in [0.1, 0.15) is 36.3 Å². The summed E-state index contributed by atoms with van der Waals surface area (Å²) in [4.78, 5) is 40.6. The van der Waals surface area contributed by atoms with E-state index in [-0.39, 0.29) is 25.0 Å². The van der Waals surface area contributed by atoms with Crippen LogP contribution in [0.5, 0.6) is 0 Å². The van der Waals surface area contributed by atoms with Gasteiger partial charge < -0.3 is 20.1 Å². The third kappa shape index (κ3) is 5.32. The number of hydrogen-bond acceptors (Lipinski definition) is 5. The first-order chi connectivity index (χ1) is 17.0. The molecule has 0 unspecified atom stereocenters. The summed E-state index contributed by atoms with van der Waals surface area (Å²) in [5, 5.41) is 11.8. The van der Waals surface area contributed by atoms with Gasteiger partial charge in [0.1, 0.15) is 12.6 Å². The molecular weight excluding hydrogens is 446 g/mol. The maximum atomic E-state index is 13.2. The molecule has 5 rings (SSSR count). The monoisotopic (exact) mass is 477 g/mol. The normalized spacial score (nSPS) is 18.5. The van der Waals surface area contributed by atoms with Crippen LogP contribution in [0.15, 0.2) is 48.5 Å². The number of carbonyl (C=O) groups is 3. The zero-order chi connectivity index (χ0) is 24.4. The van der Waals surface area contributed by atoms with Crippen LogP contribution in [-0.4, -0.2) is 78.2 Å². The SMILES string of the molecule is O=C(O)CN1CCN(C(=O)[C@H](CC2CC2)NC(=O)OCC2c3ccccc3-c3ccccc32)CC1. The summed E-state index contributed by atoms with van der Waals surface area (Å²) >= 11 is 0. The summed E-state index contributed by atoms with van der Waals surface area (Å²) < 4.78 is 5.68. The highest BCUT2D eigenvalue weighted by Gasteiger charge is 2.35. The molecule has 1 aliphatic heterocycles. The van der Waals surface area contributed by atoms with E-state index in [2.05, 4.69) is 29.6 Å². The number of aliphatic carboxylic acids is 1. The topological polar surface area (TPSA) is 99.2 Å². The summed E-state index contributed by atoms with van der Waals surface area (Å²) in [6.07, 6.45) is 2.18. The molecule has 1 atom stereocenters. The highest BCUT2D eigenvalue weighted by Crippen LogP contribution is 2.44. The van der Waals surface area contributed by atoms with Gasteiger partial charge in [-0.1, -0.05) is 61.4 Å². The van der Waals surface area contributed by atoms with Crippen LogP contribution in [0.4, 0.5) is 4.79 Å². The number of alkyl carbamates (subject to hydrolysis) is 1. The van der Waals surface area contributed by atoms with Gasteiger partial charge in [-0.2, -0.15) is 0 Å². The summed E-state index contributed by atoms with van der Waals surface area (Å²) in [5.74, 6) is -0.562. The molecule has 0 bridgehead atoms. The van der Waals surface area contributed by atoms with Crippen molar-refractivity contribution >= 4 is 18.0 Å². The molecule has 8 heteroatoms. The number of carboxylic acid groups (broad SMARTS) is 1. The molecule has 0 spiro atoms. The molecule has 2 fully saturated rings. The van der Waals surface area contributed by atoms with Crippen molar-refractivity contribution in [2.75, 3.05) is 39.3 Å². The van der Waals surface area contributed by atoms with Crippen molar-refractivity contribution in [3.63, 3.8) is 0 Å². The zero-order valence-corrected chi connectivity index (χ0v) is 19.7. The smallest absolute Gasteiger partial charge is 0.407 e. The number of carboxylic acids is 1. The van der Waals surface area contributed by atoms with Crippen molar-refractivity contribution < 1.29 is 24.2 Å². The Hall–Kier alpha value is -3.39. The fourth-order valence-corrected chi connectivity index (χ4v) is 5.23. The van der Waals surface area contributed by atoms with Crippen LogP contribution >= 0.6 is 0 Å². The first kappa shape index (κ1) is 23.4. The van der Waals surface area contributed by atoms with Gasteiger partial charge in [-0.25, -0.2) is 4.79 Å². The number of piperazine rings is 1. The number of benzene rings is 2. The van der Waals surface area contributed by atoms with E-state index in [1.54, 1.807) is 4.90 Å². The minimum absolute atomic E-state index is 0.0223. The van der Waals surface area contributed by atoms with Crippen molar-refractivity contribution in [1.82, 2.24) is 15.1 Å². The third-order valence-corrected chi connectivity index (χ3v) is 7.24. The molecule has 2 aromatic carbocycles. The number of fused-ring (bicyclic) bond motifs is 3. The van der Waals surface area contributed by atoms with E-state index in [9.17, 15) is 14.4 Å². The second-order valence-electron chi connectivity index (χ2n) is 9.70. The predicted octanol–water partition coefficient (Wildman–Crippen LogP) is 2.92. The molecule has 184 valence electrons. The Bertz CT molecular complexity index is 1060. The molecule has 1 saturated heterocycles. The Morgan fingerprint density at radius 2 is 1.54 bits per heavy atom. The van der Waals surface area contributed by atoms with Gasteiger partial charge in [-0.15, -0.1) is 0 Å². The lowest BCUT2D eigenvalue weighted by atomic mass is 9.98. The van der Waals surface area contributed by atoms with Gasteiger partial charge in [0.05, 0.1) is 6.54 Å². The van der Waals surface area contributed by atoms with E-state index < -0.39 is 18.1 Å². The molecule has 3 aliphatic rings. The number of nitrogens with one attached hydrogen (secondary N) is 1. The average molecular weight is 478 g/mol. The molecule has 2 amide bonds. The number of nitrogens with zero attached hydrogens (tertiary/aromatic N) is 2. The van der Waals surface area contributed by atoms with E-state index in [0.717, 1.165) is 24.0 Å². The van der Waals surface area contributed by atoms with Crippen LogP contribution in [0.25, 0.3) is 11.1 Å². The highest BCUT2D eigenvalue weighted by molar-refractivity contribution is 5.86. The summed E-state index contributed by atoms with van der Waals surface area (Å²) in [6, 6.07) is 15.7. The molecule has 2 aliphatic carbocycles. The van der Waals surface area contributed by atoms with E-state index >= 15 is 0 Å². The number of hydrogen-bond donors (Lipinski definition) is 2. The van der Waals surface area contributed by atoms with Crippen molar-refractivity contribution in [1.29, 1.82) is 0 Å². The van der Waals surface area contributed by atoms with Crippen LogP contribution in [0, 0.1) is 5.92 Å². The average Bonchev–Trinajstić information content (AvgIpc) is 3.62. The number of amides is 2. The van der Waals surface area contributed by atoms with Crippen LogP contribution in [-0.2, 0) is 14.3 Å². The van der Waals surface area contributed by atoms with Crippen molar-refractivity contribution in [3.05, 3.63) is 59.7 Å². The highest BCUT2D eigenvalue weighted by atomic mass is 16.5. The Labute approximate surface area is 204 Å². The van der Waals surface area contributed by atoms with Crippen LogP contribution < -0.4 is 5.32 Å². The molecule has 8 nitrogen and oxygen atoms in total. The largest absolute Gasteiger partial charge is 0.480 e. The molecule has 0 radical (unpaired) electrons. The van der Waals surface area contributed by atoms with E-state index in [1.165, 1.54) is 11.1 Å². The molecular formula is C27H31N3O5. The van der Waals surface area contributed by atoms with Crippen LogP contribution in [0.2, 0.25) is 0 Å². The predicted molar refractivity (Wildman–Crippen MR) is 130 cm³/mol. The standard InChI is InChI=1S/C27H31N3O5/c31-25(32)16-29-11-13-30(14-12-29)26(33)24(15-18-9-10-18)28-27(34)35-17-23-21-7-3-1-5-19(21)20-6-2-4-8-22(20)23/h1-8,18,23-24H,9-17H2,(H,28,34)(H,31,32)/t24-/m0/s1. The lowest BCUT2D eigenvalue weighted by molar-refractivity contribution is -0.140. The number of ether oxygens (including phenoxy) is 1. The fourth-order valence-electron chi connectivity index (χ4n) is 5.23.